The fourth-order valence-corrected chi connectivity index (χ4v) is 5.03. The molecule has 0 aromatic heterocycles. The largest absolute Gasteiger partial charge is 0.265 e. The van der Waals surface area contributed by atoms with Crippen molar-refractivity contribution in [3.63, 3.8) is 0 Å². The fraction of sp³-hybridized carbons (Fsp3) is 0.235. The molecule has 0 aliphatic carbocycles. The second kappa shape index (κ2) is 6.94. The highest BCUT2D eigenvalue weighted by molar-refractivity contribution is 8.14. The van der Waals surface area contributed by atoms with Crippen LogP contribution in [0.25, 0.3) is 0 Å². The first-order valence-corrected chi connectivity index (χ1v) is 9.90. The van der Waals surface area contributed by atoms with Crippen LogP contribution in [0.4, 0.5) is 4.39 Å². The zero-order valence-corrected chi connectivity index (χ0v) is 14.8. The summed E-state index contributed by atoms with van der Waals surface area (Å²) in [5.41, 5.74) is 1.80. The SMILES string of the molecule is Cc1ccc(S(=O)(=O)N2CCN=C2SCc2cccc(F)c2)cc1. The lowest BCUT2D eigenvalue weighted by Crippen LogP contribution is -2.32. The van der Waals surface area contributed by atoms with Gasteiger partial charge in [-0.3, -0.25) is 4.99 Å². The van der Waals surface area contributed by atoms with E-state index < -0.39 is 10.0 Å². The number of rotatable bonds is 4. The van der Waals surface area contributed by atoms with E-state index in [4.69, 9.17) is 0 Å². The predicted molar refractivity (Wildman–Crippen MR) is 95.1 cm³/mol. The van der Waals surface area contributed by atoms with Crippen molar-refractivity contribution in [3.8, 4) is 0 Å². The average molecular weight is 364 g/mol. The molecule has 3 rings (SSSR count). The molecule has 0 fully saturated rings. The lowest BCUT2D eigenvalue weighted by atomic mass is 10.2. The first kappa shape index (κ1) is 17.0. The molecule has 0 saturated heterocycles. The Bertz CT molecular complexity index is 864. The van der Waals surface area contributed by atoms with Crippen molar-refractivity contribution < 1.29 is 12.8 Å². The number of aryl methyl sites for hydroxylation is 1. The Kier molecular flexibility index (Phi) is 4.91. The van der Waals surface area contributed by atoms with Gasteiger partial charge in [0.1, 0.15) is 5.82 Å². The van der Waals surface area contributed by atoms with E-state index in [2.05, 4.69) is 4.99 Å². The smallest absolute Gasteiger partial charge is 0.260 e. The highest BCUT2D eigenvalue weighted by Gasteiger charge is 2.30. The summed E-state index contributed by atoms with van der Waals surface area (Å²) in [4.78, 5) is 4.55. The van der Waals surface area contributed by atoms with Crippen molar-refractivity contribution in [1.29, 1.82) is 0 Å². The van der Waals surface area contributed by atoms with Crippen LogP contribution in [0.15, 0.2) is 58.4 Å². The molecular weight excluding hydrogens is 347 g/mol. The molecule has 2 aromatic carbocycles. The first-order chi connectivity index (χ1) is 11.5. The van der Waals surface area contributed by atoms with Gasteiger partial charge in [-0.25, -0.2) is 17.1 Å². The van der Waals surface area contributed by atoms with Gasteiger partial charge in [0.05, 0.1) is 18.0 Å². The van der Waals surface area contributed by atoms with Crippen LogP contribution in [0.2, 0.25) is 0 Å². The molecule has 0 amide bonds. The number of hydrogen-bond acceptors (Lipinski definition) is 4. The number of aliphatic imine (C=N–C) groups is 1. The van der Waals surface area contributed by atoms with Crippen molar-refractivity contribution in [2.45, 2.75) is 17.6 Å². The number of thioether (sulfide) groups is 1. The van der Waals surface area contributed by atoms with E-state index in [9.17, 15) is 12.8 Å². The van der Waals surface area contributed by atoms with Crippen LogP contribution < -0.4 is 0 Å². The van der Waals surface area contributed by atoms with Gasteiger partial charge in [-0.1, -0.05) is 41.6 Å². The maximum atomic E-state index is 13.2. The summed E-state index contributed by atoms with van der Waals surface area (Å²) in [7, 11) is -3.61. The monoisotopic (exact) mass is 364 g/mol. The third-order valence-electron chi connectivity index (χ3n) is 3.63. The second-order valence-corrected chi connectivity index (χ2v) is 8.28. The Morgan fingerprint density at radius 2 is 1.96 bits per heavy atom. The Labute approximate surface area is 145 Å². The maximum Gasteiger partial charge on any atom is 0.265 e. The topological polar surface area (TPSA) is 49.7 Å². The third-order valence-corrected chi connectivity index (χ3v) is 6.63. The van der Waals surface area contributed by atoms with E-state index in [-0.39, 0.29) is 10.7 Å². The molecule has 0 spiro atoms. The Morgan fingerprint density at radius 3 is 2.67 bits per heavy atom. The molecule has 0 atom stereocenters. The zero-order chi connectivity index (χ0) is 17.2. The van der Waals surface area contributed by atoms with Gasteiger partial charge in [0.2, 0.25) is 0 Å². The Balaban J connectivity index is 1.76. The molecule has 0 bridgehead atoms. The number of sulfonamides is 1. The molecule has 126 valence electrons. The molecule has 1 aliphatic rings. The molecule has 0 radical (unpaired) electrons. The van der Waals surface area contributed by atoms with Gasteiger partial charge < -0.3 is 0 Å². The minimum atomic E-state index is -3.61. The third kappa shape index (κ3) is 3.62. The molecule has 1 heterocycles. The Hall–Kier alpha value is -1.86. The zero-order valence-electron chi connectivity index (χ0n) is 13.1. The van der Waals surface area contributed by atoms with Gasteiger partial charge in [-0.05, 0) is 36.8 Å². The number of halogens is 1. The maximum absolute atomic E-state index is 13.2. The minimum Gasteiger partial charge on any atom is -0.260 e. The standard InChI is InChI=1S/C17H17FN2O2S2/c1-13-5-7-16(8-6-13)24(21,22)20-10-9-19-17(20)23-12-14-3-2-4-15(18)11-14/h2-8,11H,9-10,12H2,1H3. The van der Waals surface area contributed by atoms with Crippen molar-refractivity contribution in [2.75, 3.05) is 13.1 Å². The van der Waals surface area contributed by atoms with Gasteiger partial charge in [0.25, 0.3) is 10.0 Å². The normalized spacial score (nSPS) is 14.8. The van der Waals surface area contributed by atoms with E-state index >= 15 is 0 Å². The van der Waals surface area contributed by atoms with Gasteiger partial charge in [-0.15, -0.1) is 0 Å². The van der Waals surface area contributed by atoms with Crippen LogP contribution >= 0.6 is 11.8 Å². The number of hydrogen-bond donors (Lipinski definition) is 0. The van der Waals surface area contributed by atoms with Crippen molar-refractivity contribution in [2.24, 2.45) is 4.99 Å². The van der Waals surface area contributed by atoms with Crippen LogP contribution in [0.3, 0.4) is 0 Å². The van der Waals surface area contributed by atoms with Crippen LogP contribution in [0.5, 0.6) is 0 Å². The fourth-order valence-electron chi connectivity index (χ4n) is 2.36. The number of benzene rings is 2. The van der Waals surface area contributed by atoms with Crippen LogP contribution in [-0.2, 0) is 15.8 Å². The predicted octanol–water partition coefficient (Wildman–Crippen LogP) is 3.43. The molecule has 0 N–H and O–H groups in total. The quantitative estimate of drug-likeness (QED) is 0.835. The first-order valence-electron chi connectivity index (χ1n) is 7.48. The van der Waals surface area contributed by atoms with E-state index in [1.54, 1.807) is 30.3 Å². The molecule has 7 heteroatoms. The molecule has 24 heavy (non-hydrogen) atoms. The molecule has 4 nitrogen and oxygen atoms in total. The summed E-state index contributed by atoms with van der Waals surface area (Å²) >= 11 is 1.31. The van der Waals surface area contributed by atoms with E-state index in [1.807, 2.05) is 13.0 Å². The average Bonchev–Trinajstić information content (AvgIpc) is 3.03. The van der Waals surface area contributed by atoms with Crippen LogP contribution in [0.1, 0.15) is 11.1 Å². The molecule has 2 aromatic rings. The summed E-state index contributed by atoms with van der Waals surface area (Å²) < 4.78 is 40.2. The number of amidine groups is 1. The van der Waals surface area contributed by atoms with Crippen molar-refractivity contribution >= 4 is 27.0 Å². The van der Waals surface area contributed by atoms with E-state index in [1.165, 1.54) is 28.2 Å². The van der Waals surface area contributed by atoms with E-state index in [0.29, 0.717) is 24.0 Å². The van der Waals surface area contributed by atoms with Crippen molar-refractivity contribution in [3.05, 3.63) is 65.5 Å². The highest BCUT2D eigenvalue weighted by atomic mass is 32.2. The van der Waals surface area contributed by atoms with E-state index in [0.717, 1.165) is 11.1 Å². The summed E-state index contributed by atoms with van der Waals surface area (Å²) in [6.45, 7) is 2.69. The molecule has 0 saturated carbocycles. The van der Waals surface area contributed by atoms with Crippen molar-refractivity contribution in [1.82, 2.24) is 4.31 Å². The molecule has 1 aliphatic heterocycles. The number of nitrogens with zero attached hydrogens (tertiary/aromatic N) is 2. The molecule has 0 unspecified atom stereocenters. The summed E-state index contributed by atoms with van der Waals surface area (Å²) in [5, 5.41) is 0.458. The highest BCUT2D eigenvalue weighted by Crippen LogP contribution is 2.26. The van der Waals surface area contributed by atoms with Gasteiger partial charge in [-0.2, -0.15) is 0 Å². The van der Waals surface area contributed by atoms with Gasteiger partial charge in [0.15, 0.2) is 5.17 Å². The van der Waals surface area contributed by atoms with Crippen LogP contribution in [0, 0.1) is 12.7 Å². The molecular formula is C17H17FN2O2S2. The summed E-state index contributed by atoms with van der Waals surface area (Å²) in [5.74, 6) is 0.168. The second-order valence-electron chi connectivity index (χ2n) is 5.47. The Morgan fingerprint density at radius 1 is 1.21 bits per heavy atom. The van der Waals surface area contributed by atoms with Crippen LogP contribution in [-0.4, -0.2) is 31.0 Å². The lowest BCUT2D eigenvalue weighted by Gasteiger charge is -2.20. The lowest BCUT2D eigenvalue weighted by molar-refractivity contribution is 0.540. The minimum absolute atomic E-state index is 0.258. The van der Waals surface area contributed by atoms with Gasteiger partial charge in [0, 0.05) is 5.75 Å². The summed E-state index contributed by atoms with van der Waals surface area (Å²) in [6.07, 6.45) is 0. The summed E-state index contributed by atoms with van der Waals surface area (Å²) in [6, 6.07) is 13.1. The van der Waals surface area contributed by atoms with Gasteiger partial charge >= 0.3 is 0 Å².